The van der Waals surface area contributed by atoms with Gasteiger partial charge in [-0.25, -0.2) is 9.97 Å². The molecular weight excluding hydrogens is 396 g/mol. The van der Waals surface area contributed by atoms with Crippen LogP contribution in [0, 0.1) is 0 Å². The molecule has 5 aromatic rings. The minimum absolute atomic E-state index is 0.375. The van der Waals surface area contributed by atoms with Gasteiger partial charge in [-0.15, -0.1) is 0 Å². The predicted molar refractivity (Wildman–Crippen MR) is 134 cm³/mol. The monoisotopic (exact) mass is 424 g/mol. The van der Waals surface area contributed by atoms with Gasteiger partial charge in [-0.05, 0) is 64.1 Å². The zero-order valence-electron chi connectivity index (χ0n) is 18.8. The normalized spacial score (nSPS) is 11.7. The molecule has 0 aliphatic carbocycles. The summed E-state index contributed by atoms with van der Waals surface area (Å²) in [4.78, 5) is 16.7. The molecule has 2 heterocycles. The molecule has 0 aliphatic rings. The van der Waals surface area contributed by atoms with E-state index in [4.69, 9.17) is 9.97 Å². The average Bonchev–Trinajstić information content (AvgIpc) is 3.36. The van der Waals surface area contributed by atoms with E-state index in [1.165, 1.54) is 0 Å². The summed E-state index contributed by atoms with van der Waals surface area (Å²) in [7, 11) is 0. The maximum absolute atomic E-state index is 4.86. The molecule has 32 heavy (non-hydrogen) atoms. The SMILES string of the molecule is CC(C)Nc1ccc2nc(-c3ccccc3-c3nc4ccc(NC(C)C)cc4[nH]3)[nH]c2c1. The van der Waals surface area contributed by atoms with Crippen molar-refractivity contribution in [3.8, 4) is 22.8 Å². The van der Waals surface area contributed by atoms with Crippen LogP contribution in [-0.2, 0) is 0 Å². The first-order chi connectivity index (χ1) is 15.5. The topological polar surface area (TPSA) is 81.4 Å². The van der Waals surface area contributed by atoms with Gasteiger partial charge >= 0.3 is 0 Å². The standard InChI is InChI=1S/C26H28N6/c1-15(2)27-17-9-11-21-23(13-17)31-25(29-21)19-7-5-6-8-20(19)26-30-22-12-10-18(28-16(3)4)14-24(22)32-26/h5-16,27-28H,1-4H3,(H,29,31)(H,30,32). The first-order valence-corrected chi connectivity index (χ1v) is 11.1. The molecule has 0 aliphatic heterocycles. The summed E-state index contributed by atoms with van der Waals surface area (Å²) < 4.78 is 0. The maximum atomic E-state index is 4.86. The average molecular weight is 425 g/mol. The van der Waals surface area contributed by atoms with Gasteiger partial charge in [0.1, 0.15) is 11.6 Å². The number of nitrogens with zero attached hydrogens (tertiary/aromatic N) is 2. The third kappa shape index (κ3) is 3.91. The number of hydrogen-bond acceptors (Lipinski definition) is 4. The largest absolute Gasteiger partial charge is 0.383 e. The van der Waals surface area contributed by atoms with Gasteiger partial charge in [0, 0.05) is 34.6 Å². The molecule has 0 saturated carbocycles. The molecule has 6 nitrogen and oxygen atoms in total. The van der Waals surface area contributed by atoms with Crippen molar-refractivity contribution in [2.24, 2.45) is 0 Å². The van der Waals surface area contributed by atoms with E-state index >= 15 is 0 Å². The Kier molecular flexibility index (Phi) is 5.05. The van der Waals surface area contributed by atoms with Crippen LogP contribution in [0.15, 0.2) is 60.7 Å². The van der Waals surface area contributed by atoms with Crippen LogP contribution >= 0.6 is 0 Å². The molecular formula is C26H28N6. The molecule has 162 valence electrons. The minimum Gasteiger partial charge on any atom is -0.383 e. The lowest BCUT2D eigenvalue weighted by molar-refractivity contribution is 0.900. The molecule has 6 heteroatoms. The van der Waals surface area contributed by atoms with Crippen LogP contribution in [0.25, 0.3) is 44.8 Å². The molecule has 2 aromatic heterocycles. The summed E-state index contributed by atoms with van der Waals surface area (Å²) in [6.07, 6.45) is 0. The molecule has 0 unspecified atom stereocenters. The predicted octanol–water partition coefficient (Wildman–Crippen LogP) is 6.41. The second kappa shape index (κ2) is 8.04. The van der Waals surface area contributed by atoms with Crippen LogP contribution in [0.5, 0.6) is 0 Å². The lowest BCUT2D eigenvalue weighted by Gasteiger charge is -2.09. The van der Waals surface area contributed by atoms with Crippen molar-refractivity contribution in [3.63, 3.8) is 0 Å². The van der Waals surface area contributed by atoms with Crippen molar-refractivity contribution >= 4 is 33.4 Å². The van der Waals surface area contributed by atoms with E-state index in [9.17, 15) is 0 Å². The van der Waals surface area contributed by atoms with Gasteiger partial charge in [0.25, 0.3) is 0 Å². The summed E-state index contributed by atoms with van der Waals surface area (Å²) in [5, 5.41) is 6.89. The molecule has 0 atom stereocenters. The molecule has 3 aromatic carbocycles. The van der Waals surface area contributed by atoms with E-state index in [2.05, 4.69) is 84.7 Å². The molecule has 0 saturated heterocycles. The quantitative estimate of drug-likeness (QED) is 0.254. The highest BCUT2D eigenvalue weighted by Crippen LogP contribution is 2.32. The Hall–Kier alpha value is -3.80. The number of benzene rings is 3. The Morgan fingerprint density at radius 2 is 1.06 bits per heavy atom. The Morgan fingerprint density at radius 3 is 1.47 bits per heavy atom. The Morgan fingerprint density at radius 1 is 0.625 bits per heavy atom. The number of H-pyrrole nitrogens is 2. The first kappa shape index (κ1) is 20.1. The van der Waals surface area contributed by atoms with Crippen molar-refractivity contribution in [1.29, 1.82) is 0 Å². The maximum Gasteiger partial charge on any atom is 0.139 e. The fraction of sp³-hybridized carbons (Fsp3) is 0.231. The first-order valence-electron chi connectivity index (χ1n) is 11.1. The highest BCUT2D eigenvalue weighted by atomic mass is 15.0. The third-order valence-corrected chi connectivity index (χ3v) is 5.31. The Balaban J connectivity index is 1.55. The van der Waals surface area contributed by atoms with Gasteiger partial charge in [-0.2, -0.15) is 0 Å². The van der Waals surface area contributed by atoms with Crippen LogP contribution in [0.2, 0.25) is 0 Å². The highest BCUT2D eigenvalue weighted by molar-refractivity contribution is 5.89. The summed E-state index contributed by atoms with van der Waals surface area (Å²) >= 11 is 0. The van der Waals surface area contributed by atoms with E-state index in [-0.39, 0.29) is 0 Å². The van der Waals surface area contributed by atoms with Crippen molar-refractivity contribution in [2.45, 2.75) is 39.8 Å². The highest BCUT2D eigenvalue weighted by Gasteiger charge is 2.15. The number of fused-ring (bicyclic) bond motifs is 2. The molecule has 0 amide bonds. The van der Waals surface area contributed by atoms with Crippen LogP contribution < -0.4 is 10.6 Å². The van der Waals surface area contributed by atoms with Crippen LogP contribution in [0.4, 0.5) is 11.4 Å². The minimum atomic E-state index is 0.375. The molecule has 0 spiro atoms. The van der Waals surface area contributed by atoms with E-state index in [0.717, 1.165) is 56.2 Å². The van der Waals surface area contributed by atoms with Gasteiger partial charge < -0.3 is 20.6 Å². The number of aromatic nitrogens is 4. The number of hydrogen-bond donors (Lipinski definition) is 4. The number of imidazole rings is 2. The number of anilines is 2. The fourth-order valence-electron chi connectivity index (χ4n) is 4.02. The van der Waals surface area contributed by atoms with Crippen molar-refractivity contribution < 1.29 is 0 Å². The zero-order chi connectivity index (χ0) is 22.2. The number of nitrogens with one attached hydrogen (secondary N) is 4. The Labute approximate surface area is 187 Å². The van der Waals surface area contributed by atoms with E-state index < -0.39 is 0 Å². The van der Waals surface area contributed by atoms with Crippen molar-refractivity contribution in [3.05, 3.63) is 60.7 Å². The van der Waals surface area contributed by atoms with Crippen LogP contribution in [0.3, 0.4) is 0 Å². The Bertz CT molecular complexity index is 1290. The smallest absolute Gasteiger partial charge is 0.139 e. The van der Waals surface area contributed by atoms with Gasteiger partial charge in [-0.3, -0.25) is 0 Å². The fourth-order valence-corrected chi connectivity index (χ4v) is 4.02. The molecule has 0 fully saturated rings. The van der Waals surface area contributed by atoms with Crippen molar-refractivity contribution in [1.82, 2.24) is 19.9 Å². The molecule has 0 radical (unpaired) electrons. The summed E-state index contributed by atoms with van der Waals surface area (Å²) in [5.74, 6) is 1.67. The van der Waals surface area contributed by atoms with Gasteiger partial charge in [0.15, 0.2) is 0 Å². The number of aromatic amines is 2. The lowest BCUT2D eigenvalue weighted by Crippen LogP contribution is -2.09. The van der Waals surface area contributed by atoms with Gasteiger partial charge in [-0.1, -0.05) is 24.3 Å². The van der Waals surface area contributed by atoms with Gasteiger partial charge in [0.2, 0.25) is 0 Å². The molecule has 0 bridgehead atoms. The summed E-state index contributed by atoms with van der Waals surface area (Å²) in [6, 6.07) is 21.4. The zero-order valence-corrected chi connectivity index (χ0v) is 18.8. The second-order valence-corrected chi connectivity index (χ2v) is 8.78. The van der Waals surface area contributed by atoms with E-state index in [1.807, 2.05) is 24.3 Å². The van der Waals surface area contributed by atoms with Crippen LogP contribution in [-0.4, -0.2) is 32.0 Å². The van der Waals surface area contributed by atoms with E-state index in [1.54, 1.807) is 0 Å². The lowest BCUT2D eigenvalue weighted by atomic mass is 10.1. The van der Waals surface area contributed by atoms with E-state index in [0.29, 0.717) is 12.1 Å². The third-order valence-electron chi connectivity index (χ3n) is 5.31. The summed E-state index contributed by atoms with van der Waals surface area (Å²) in [5.41, 5.74) is 8.10. The molecule has 4 N–H and O–H groups in total. The van der Waals surface area contributed by atoms with Gasteiger partial charge in [0.05, 0.1) is 22.1 Å². The van der Waals surface area contributed by atoms with Crippen molar-refractivity contribution in [2.75, 3.05) is 10.6 Å². The van der Waals surface area contributed by atoms with Crippen LogP contribution in [0.1, 0.15) is 27.7 Å². The molecule has 5 rings (SSSR count). The second-order valence-electron chi connectivity index (χ2n) is 8.78. The number of rotatable bonds is 6. The summed E-state index contributed by atoms with van der Waals surface area (Å²) in [6.45, 7) is 8.53.